The molecule has 3 aliphatic rings. The summed E-state index contributed by atoms with van der Waals surface area (Å²) in [6.07, 6.45) is 12.4. The van der Waals surface area contributed by atoms with Crippen molar-refractivity contribution < 1.29 is 4.74 Å². The predicted octanol–water partition coefficient (Wildman–Crippen LogP) is 2.87. The molecule has 1 N–H and O–H groups in total. The Balaban J connectivity index is 1.67. The van der Waals surface area contributed by atoms with Gasteiger partial charge in [0, 0.05) is 18.5 Å². The second kappa shape index (κ2) is 4.30. The van der Waals surface area contributed by atoms with Crippen LogP contribution < -0.4 is 5.32 Å². The fourth-order valence-corrected chi connectivity index (χ4v) is 3.93. The molecule has 1 aliphatic heterocycles. The van der Waals surface area contributed by atoms with Crippen LogP contribution in [0.1, 0.15) is 57.8 Å². The first kappa shape index (κ1) is 11.0. The first-order valence-electron chi connectivity index (χ1n) is 7.17. The van der Waals surface area contributed by atoms with Gasteiger partial charge in [-0.3, -0.25) is 0 Å². The summed E-state index contributed by atoms with van der Waals surface area (Å²) in [6.45, 7) is 3.34. The highest BCUT2D eigenvalue weighted by atomic mass is 16.5. The van der Waals surface area contributed by atoms with Gasteiger partial charge in [0.2, 0.25) is 0 Å². The highest BCUT2D eigenvalue weighted by molar-refractivity contribution is 4.95. The van der Waals surface area contributed by atoms with Crippen LogP contribution in [0.4, 0.5) is 0 Å². The molecule has 3 fully saturated rings. The van der Waals surface area contributed by atoms with Crippen LogP contribution in [0.25, 0.3) is 0 Å². The Labute approximate surface area is 99.1 Å². The first-order chi connectivity index (χ1) is 7.83. The molecule has 0 bridgehead atoms. The van der Waals surface area contributed by atoms with Gasteiger partial charge >= 0.3 is 0 Å². The molecular formula is C14H25NO. The topological polar surface area (TPSA) is 21.3 Å². The van der Waals surface area contributed by atoms with Crippen LogP contribution in [0.3, 0.4) is 0 Å². The van der Waals surface area contributed by atoms with Crippen LogP contribution in [-0.2, 0) is 4.74 Å². The lowest BCUT2D eigenvalue weighted by atomic mass is 9.74. The summed E-state index contributed by atoms with van der Waals surface area (Å²) in [4.78, 5) is 0. The summed E-state index contributed by atoms with van der Waals surface area (Å²) in [5, 5.41) is 3.72. The normalized spacial score (nSPS) is 33.0. The van der Waals surface area contributed by atoms with Gasteiger partial charge in [0.1, 0.15) is 0 Å². The fraction of sp³-hybridized carbons (Fsp3) is 1.00. The molecule has 0 unspecified atom stereocenters. The van der Waals surface area contributed by atoms with Crippen molar-refractivity contribution >= 4 is 0 Å². The van der Waals surface area contributed by atoms with Gasteiger partial charge in [-0.2, -0.15) is 0 Å². The summed E-state index contributed by atoms with van der Waals surface area (Å²) in [5.41, 5.74) is 0.714. The van der Waals surface area contributed by atoms with E-state index < -0.39 is 0 Å². The van der Waals surface area contributed by atoms with E-state index in [1.54, 1.807) is 0 Å². The van der Waals surface area contributed by atoms with E-state index in [4.69, 9.17) is 4.74 Å². The third-order valence-electron chi connectivity index (χ3n) is 5.06. The zero-order valence-electron chi connectivity index (χ0n) is 10.4. The van der Waals surface area contributed by atoms with Gasteiger partial charge in [0.05, 0.1) is 12.2 Å². The quantitative estimate of drug-likeness (QED) is 0.682. The largest absolute Gasteiger partial charge is 0.373 e. The molecule has 2 aliphatic carbocycles. The van der Waals surface area contributed by atoms with Gasteiger partial charge in [-0.05, 0) is 25.7 Å². The molecule has 0 atom stereocenters. The number of nitrogens with one attached hydrogen (secondary N) is 1. The molecule has 2 heteroatoms. The van der Waals surface area contributed by atoms with E-state index in [0.717, 1.165) is 13.2 Å². The minimum absolute atomic E-state index is 0.223. The van der Waals surface area contributed by atoms with Crippen molar-refractivity contribution in [3.8, 4) is 0 Å². The van der Waals surface area contributed by atoms with Gasteiger partial charge in [0.15, 0.2) is 0 Å². The lowest BCUT2D eigenvalue weighted by molar-refractivity contribution is -0.0663. The Kier molecular flexibility index (Phi) is 2.97. The molecule has 0 aromatic heterocycles. The maximum absolute atomic E-state index is 6.38. The van der Waals surface area contributed by atoms with Gasteiger partial charge in [-0.25, -0.2) is 0 Å². The molecule has 16 heavy (non-hydrogen) atoms. The van der Waals surface area contributed by atoms with Crippen LogP contribution in [-0.4, -0.2) is 25.3 Å². The van der Waals surface area contributed by atoms with E-state index in [1.165, 1.54) is 64.3 Å². The highest BCUT2D eigenvalue weighted by Gasteiger charge is 2.42. The number of rotatable bonds is 0. The van der Waals surface area contributed by atoms with E-state index in [1.807, 2.05) is 0 Å². The molecule has 2 spiro atoms. The van der Waals surface area contributed by atoms with Crippen LogP contribution in [0, 0.1) is 5.41 Å². The zero-order valence-corrected chi connectivity index (χ0v) is 10.4. The zero-order chi connectivity index (χ0) is 10.9. The van der Waals surface area contributed by atoms with Crippen molar-refractivity contribution in [3.63, 3.8) is 0 Å². The average molecular weight is 223 g/mol. The SMILES string of the molecule is C1CCC2(CC1)CNCC1(CCCC1)OC2. The Hall–Kier alpha value is -0.0800. The van der Waals surface area contributed by atoms with Crippen LogP contribution in [0.15, 0.2) is 0 Å². The second-order valence-corrected chi connectivity index (χ2v) is 6.34. The summed E-state index contributed by atoms with van der Waals surface area (Å²) in [6, 6.07) is 0. The Morgan fingerprint density at radius 3 is 2.19 bits per heavy atom. The molecule has 3 rings (SSSR count). The lowest BCUT2D eigenvalue weighted by Gasteiger charge is -2.36. The van der Waals surface area contributed by atoms with E-state index in [9.17, 15) is 0 Å². The van der Waals surface area contributed by atoms with E-state index in [-0.39, 0.29) is 5.60 Å². The summed E-state index contributed by atoms with van der Waals surface area (Å²) in [7, 11) is 0. The fourth-order valence-electron chi connectivity index (χ4n) is 3.93. The number of ether oxygens (including phenoxy) is 1. The van der Waals surface area contributed by atoms with Crippen molar-refractivity contribution in [3.05, 3.63) is 0 Å². The molecule has 2 saturated carbocycles. The molecule has 0 aromatic carbocycles. The van der Waals surface area contributed by atoms with E-state index in [0.29, 0.717) is 5.41 Å². The highest BCUT2D eigenvalue weighted by Crippen LogP contribution is 2.41. The Morgan fingerprint density at radius 2 is 1.44 bits per heavy atom. The second-order valence-electron chi connectivity index (χ2n) is 6.34. The molecule has 1 heterocycles. The minimum Gasteiger partial charge on any atom is -0.373 e. The van der Waals surface area contributed by atoms with Crippen LogP contribution in [0.5, 0.6) is 0 Å². The van der Waals surface area contributed by atoms with Crippen LogP contribution in [0.2, 0.25) is 0 Å². The maximum Gasteiger partial charge on any atom is 0.0806 e. The predicted molar refractivity (Wildman–Crippen MR) is 65.5 cm³/mol. The van der Waals surface area contributed by atoms with Crippen molar-refractivity contribution in [2.24, 2.45) is 5.41 Å². The number of hydrogen-bond donors (Lipinski definition) is 1. The van der Waals surface area contributed by atoms with E-state index in [2.05, 4.69) is 5.32 Å². The van der Waals surface area contributed by atoms with Crippen molar-refractivity contribution in [1.29, 1.82) is 0 Å². The summed E-state index contributed by atoms with van der Waals surface area (Å²) in [5.74, 6) is 0. The standard InChI is InChI=1S/C14H25NO/c1-2-6-13(7-3-1)10-15-11-14(16-12-13)8-4-5-9-14/h15H,1-12H2. The monoisotopic (exact) mass is 223 g/mol. The number of hydrogen-bond acceptors (Lipinski definition) is 2. The smallest absolute Gasteiger partial charge is 0.0806 e. The minimum atomic E-state index is 0.223. The van der Waals surface area contributed by atoms with Gasteiger partial charge in [0.25, 0.3) is 0 Å². The molecule has 0 amide bonds. The molecule has 92 valence electrons. The lowest BCUT2D eigenvalue weighted by Crippen LogP contribution is -2.38. The third-order valence-corrected chi connectivity index (χ3v) is 5.06. The van der Waals surface area contributed by atoms with Gasteiger partial charge in [-0.15, -0.1) is 0 Å². The first-order valence-corrected chi connectivity index (χ1v) is 7.17. The Bertz CT molecular complexity index is 239. The van der Waals surface area contributed by atoms with Crippen LogP contribution >= 0.6 is 0 Å². The molecule has 1 saturated heterocycles. The van der Waals surface area contributed by atoms with E-state index >= 15 is 0 Å². The molecule has 0 aromatic rings. The molecular weight excluding hydrogens is 198 g/mol. The average Bonchev–Trinajstić information content (AvgIpc) is 2.70. The van der Waals surface area contributed by atoms with Crippen molar-refractivity contribution in [2.75, 3.05) is 19.7 Å². The van der Waals surface area contributed by atoms with Crippen molar-refractivity contribution in [2.45, 2.75) is 63.4 Å². The summed E-state index contributed by atoms with van der Waals surface area (Å²) >= 11 is 0. The van der Waals surface area contributed by atoms with Gasteiger partial charge in [-0.1, -0.05) is 32.1 Å². The molecule has 0 radical (unpaired) electrons. The van der Waals surface area contributed by atoms with Crippen molar-refractivity contribution in [1.82, 2.24) is 5.32 Å². The van der Waals surface area contributed by atoms with Gasteiger partial charge < -0.3 is 10.1 Å². The summed E-state index contributed by atoms with van der Waals surface area (Å²) < 4.78 is 6.38. The Morgan fingerprint density at radius 1 is 0.750 bits per heavy atom. The molecule has 2 nitrogen and oxygen atoms in total. The third kappa shape index (κ3) is 2.02. The maximum atomic E-state index is 6.38.